The summed E-state index contributed by atoms with van der Waals surface area (Å²) in [6, 6.07) is 2.56. The molecular formula is C13H36O2Si4. The Morgan fingerprint density at radius 1 is 0.526 bits per heavy atom. The summed E-state index contributed by atoms with van der Waals surface area (Å²) < 4.78 is 12.8. The van der Waals surface area contributed by atoms with Crippen molar-refractivity contribution in [3.8, 4) is 0 Å². The van der Waals surface area contributed by atoms with Crippen molar-refractivity contribution in [3.05, 3.63) is 0 Å². The van der Waals surface area contributed by atoms with Crippen molar-refractivity contribution in [2.45, 2.75) is 84.0 Å². The van der Waals surface area contributed by atoms with E-state index >= 15 is 0 Å². The van der Waals surface area contributed by atoms with Gasteiger partial charge in [0.15, 0.2) is 33.3 Å². The van der Waals surface area contributed by atoms with Crippen LogP contribution < -0.4 is 0 Å². The molecule has 0 aliphatic rings. The highest BCUT2D eigenvalue weighted by atomic mass is 28.4. The Balaban J connectivity index is 4.21. The van der Waals surface area contributed by atoms with Gasteiger partial charge in [-0.3, -0.25) is 0 Å². The molecule has 0 N–H and O–H groups in total. The van der Waals surface area contributed by atoms with Crippen molar-refractivity contribution in [1.82, 2.24) is 0 Å². The maximum absolute atomic E-state index is 6.40. The Morgan fingerprint density at radius 3 is 1.00 bits per heavy atom. The highest BCUT2D eigenvalue weighted by molar-refractivity contribution is 6.85. The molecule has 0 unspecified atom stereocenters. The van der Waals surface area contributed by atoms with Crippen molar-refractivity contribution in [3.63, 3.8) is 0 Å². The smallest absolute Gasteiger partial charge is 0.173 e. The first-order chi connectivity index (χ1) is 8.12. The summed E-state index contributed by atoms with van der Waals surface area (Å²) in [4.78, 5) is 0. The first-order valence-electron chi connectivity index (χ1n) is 7.52. The van der Waals surface area contributed by atoms with Crippen molar-refractivity contribution in [2.24, 2.45) is 0 Å². The molecule has 0 aliphatic heterocycles. The Morgan fingerprint density at radius 2 is 0.789 bits per heavy atom. The van der Waals surface area contributed by atoms with E-state index in [1.54, 1.807) is 0 Å². The molecule has 0 aromatic heterocycles. The first-order valence-corrected chi connectivity index (χ1v) is 20.6. The normalized spacial score (nSPS) is 14.8. The molecule has 0 radical (unpaired) electrons. The Labute approximate surface area is 125 Å². The lowest BCUT2D eigenvalue weighted by molar-refractivity contribution is 0.535. The summed E-state index contributed by atoms with van der Waals surface area (Å²) in [5, 5.41) is 0. The van der Waals surface area contributed by atoms with Crippen molar-refractivity contribution >= 4 is 33.3 Å². The van der Waals surface area contributed by atoms with Gasteiger partial charge in [-0.25, -0.2) is 0 Å². The average Bonchev–Trinajstić information content (AvgIpc) is 1.90. The second kappa shape index (κ2) is 6.70. The zero-order valence-electron chi connectivity index (χ0n) is 14.9. The van der Waals surface area contributed by atoms with Crippen LogP contribution in [0.2, 0.25) is 77.6 Å². The van der Waals surface area contributed by atoms with Gasteiger partial charge in [0, 0.05) is 0 Å². The SMILES string of the molecule is C[Si](C)(C)O[Si](C)(C)CCC[Si](C)(C)O[Si](C)(C)C. The zero-order valence-corrected chi connectivity index (χ0v) is 18.9. The zero-order chi connectivity index (χ0) is 15.5. The van der Waals surface area contributed by atoms with Gasteiger partial charge in [0.05, 0.1) is 0 Å². The van der Waals surface area contributed by atoms with Crippen molar-refractivity contribution in [2.75, 3.05) is 0 Å². The molecule has 19 heavy (non-hydrogen) atoms. The van der Waals surface area contributed by atoms with Crippen LogP contribution in [-0.4, -0.2) is 33.3 Å². The van der Waals surface area contributed by atoms with E-state index in [-0.39, 0.29) is 0 Å². The molecule has 0 spiro atoms. The number of hydrogen-bond donors (Lipinski definition) is 0. The van der Waals surface area contributed by atoms with Crippen LogP contribution in [0.4, 0.5) is 0 Å². The van der Waals surface area contributed by atoms with Crippen LogP contribution in [0.5, 0.6) is 0 Å². The number of rotatable bonds is 8. The standard InChI is InChI=1S/C13H36O2Si4/c1-16(2,3)14-18(7,8)12-11-13-19(9,10)15-17(4,5)6/h11-13H2,1-10H3. The minimum Gasteiger partial charge on any atom is -0.456 e. The Kier molecular flexibility index (Phi) is 6.98. The summed E-state index contributed by atoms with van der Waals surface area (Å²) in [6.07, 6.45) is 1.29. The van der Waals surface area contributed by atoms with E-state index in [1.807, 2.05) is 0 Å². The maximum atomic E-state index is 6.40. The first kappa shape index (κ1) is 19.8. The van der Waals surface area contributed by atoms with Gasteiger partial charge in [-0.05, 0) is 77.6 Å². The third kappa shape index (κ3) is 12.3. The molecule has 0 saturated carbocycles. The predicted molar refractivity (Wildman–Crippen MR) is 98.1 cm³/mol. The molecule has 0 atom stereocenters. The minimum absolute atomic E-state index is 1.28. The fourth-order valence-corrected chi connectivity index (χ4v) is 19.2. The van der Waals surface area contributed by atoms with Gasteiger partial charge in [0.1, 0.15) is 0 Å². The van der Waals surface area contributed by atoms with Crippen molar-refractivity contribution < 1.29 is 8.23 Å². The van der Waals surface area contributed by atoms with Gasteiger partial charge in [-0.15, -0.1) is 0 Å². The van der Waals surface area contributed by atoms with Gasteiger partial charge >= 0.3 is 0 Å². The fourth-order valence-electron chi connectivity index (χ4n) is 2.70. The van der Waals surface area contributed by atoms with Gasteiger partial charge in [0.25, 0.3) is 0 Å². The maximum Gasteiger partial charge on any atom is 0.173 e. The van der Waals surface area contributed by atoms with Crippen LogP contribution in [-0.2, 0) is 8.23 Å². The molecule has 0 amide bonds. The monoisotopic (exact) mass is 336 g/mol. The summed E-state index contributed by atoms with van der Waals surface area (Å²) in [5.74, 6) is 0. The molecule has 0 bridgehead atoms. The van der Waals surface area contributed by atoms with E-state index in [1.165, 1.54) is 18.5 Å². The van der Waals surface area contributed by atoms with E-state index < -0.39 is 33.3 Å². The van der Waals surface area contributed by atoms with E-state index in [0.29, 0.717) is 0 Å². The average molecular weight is 337 g/mol. The molecule has 0 aromatic rings. The molecule has 0 aliphatic carbocycles. The second-order valence-electron chi connectivity index (χ2n) is 8.80. The van der Waals surface area contributed by atoms with E-state index in [9.17, 15) is 0 Å². The third-order valence-corrected chi connectivity index (χ3v) is 15.2. The number of hydrogen-bond acceptors (Lipinski definition) is 2. The molecule has 116 valence electrons. The van der Waals surface area contributed by atoms with E-state index in [4.69, 9.17) is 8.23 Å². The van der Waals surface area contributed by atoms with E-state index in [0.717, 1.165) is 0 Å². The summed E-state index contributed by atoms with van der Waals surface area (Å²) in [6.45, 7) is 23.3. The lowest BCUT2D eigenvalue weighted by Gasteiger charge is -2.34. The van der Waals surface area contributed by atoms with Crippen LogP contribution in [0.3, 0.4) is 0 Å². The van der Waals surface area contributed by atoms with Crippen LogP contribution in [0.15, 0.2) is 0 Å². The van der Waals surface area contributed by atoms with Crippen LogP contribution in [0.1, 0.15) is 6.42 Å². The highest BCUT2D eigenvalue weighted by Crippen LogP contribution is 2.25. The minimum atomic E-state index is -1.46. The quantitative estimate of drug-likeness (QED) is 0.546. The van der Waals surface area contributed by atoms with Crippen molar-refractivity contribution in [1.29, 1.82) is 0 Å². The van der Waals surface area contributed by atoms with Gasteiger partial charge in [0.2, 0.25) is 0 Å². The predicted octanol–water partition coefficient (Wildman–Crippen LogP) is 5.49. The summed E-state index contributed by atoms with van der Waals surface area (Å²) in [5.41, 5.74) is 0. The molecule has 0 aromatic carbocycles. The molecule has 0 heterocycles. The van der Waals surface area contributed by atoms with Gasteiger partial charge in [-0.2, -0.15) is 0 Å². The topological polar surface area (TPSA) is 18.5 Å². The molecule has 0 saturated heterocycles. The lowest BCUT2D eigenvalue weighted by atomic mass is 10.6. The Hall–Kier alpha value is 0.788. The van der Waals surface area contributed by atoms with Crippen LogP contribution in [0, 0.1) is 0 Å². The summed E-state index contributed by atoms with van der Waals surface area (Å²) >= 11 is 0. The molecular weight excluding hydrogens is 300 g/mol. The molecule has 0 rings (SSSR count). The lowest BCUT2D eigenvalue weighted by Crippen LogP contribution is -2.44. The van der Waals surface area contributed by atoms with Crippen LogP contribution >= 0.6 is 0 Å². The summed E-state index contributed by atoms with van der Waals surface area (Å²) in [7, 11) is -5.67. The largest absolute Gasteiger partial charge is 0.456 e. The highest BCUT2D eigenvalue weighted by Gasteiger charge is 2.32. The molecule has 0 fully saturated rings. The van der Waals surface area contributed by atoms with Gasteiger partial charge in [-0.1, -0.05) is 6.42 Å². The third-order valence-electron chi connectivity index (χ3n) is 2.72. The van der Waals surface area contributed by atoms with E-state index in [2.05, 4.69) is 65.5 Å². The van der Waals surface area contributed by atoms with Gasteiger partial charge < -0.3 is 8.23 Å². The Bertz CT molecular complexity index is 249. The molecule has 2 nitrogen and oxygen atoms in total. The fraction of sp³-hybridized carbons (Fsp3) is 1.00. The second-order valence-corrected chi connectivity index (χ2v) is 26.9. The van der Waals surface area contributed by atoms with Crippen LogP contribution in [0.25, 0.3) is 0 Å². The molecule has 6 heteroatoms.